The molecule has 0 aromatic heterocycles. The Bertz CT molecular complexity index is 1610. The van der Waals surface area contributed by atoms with Crippen LogP contribution in [0.25, 0.3) is 0 Å². The largest absolute Gasteiger partial charge is 0.374 e. The van der Waals surface area contributed by atoms with Crippen molar-refractivity contribution in [2.45, 2.75) is 36.5 Å². The molecule has 6 heteroatoms. The molecule has 0 spiro atoms. The average Bonchev–Trinajstić information content (AvgIpc) is 3.06. The summed E-state index contributed by atoms with van der Waals surface area (Å²) in [7, 11) is -6.89. The predicted octanol–water partition coefficient (Wildman–Crippen LogP) is 6.40. The Balaban J connectivity index is 1.58. The third-order valence-electron chi connectivity index (χ3n) is 8.03. The lowest BCUT2D eigenvalue weighted by atomic mass is 10.2. The lowest BCUT2D eigenvalue weighted by Crippen LogP contribution is -2.70. The number of aryl methyl sites for hydroxylation is 1. The van der Waals surface area contributed by atoms with Crippen molar-refractivity contribution in [2.24, 2.45) is 0 Å². The molecule has 5 aromatic carbocycles. The molecule has 2 unspecified atom stereocenters. The first kappa shape index (κ1) is 31.4. The van der Waals surface area contributed by atoms with E-state index in [-0.39, 0.29) is 17.0 Å². The van der Waals surface area contributed by atoms with Crippen LogP contribution < -0.4 is 15.6 Å². The van der Waals surface area contributed by atoms with Crippen molar-refractivity contribution in [1.82, 2.24) is 0 Å². The van der Waals surface area contributed by atoms with Crippen LogP contribution in [0.4, 0.5) is 0 Å². The van der Waals surface area contributed by atoms with Gasteiger partial charge in [-0.05, 0) is 52.1 Å². The Kier molecular flexibility index (Phi) is 10.4. The summed E-state index contributed by atoms with van der Waals surface area (Å²) in [6.45, 7) is 6.72. The zero-order valence-corrected chi connectivity index (χ0v) is 26.8. The highest BCUT2D eigenvalue weighted by Gasteiger charge is 2.46. The van der Waals surface area contributed by atoms with E-state index >= 15 is 0 Å². The first-order chi connectivity index (χ1) is 21.4. The van der Waals surface area contributed by atoms with E-state index in [1.54, 1.807) is 24.3 Å². The lowest BCUT2D eigenvalue weighted by molar-refractivity contribution is 0.0407. The van der Waals surface area contributed by atoms with Gasteiger partial charge in [0.1, 0.15) is 6.10 Å². The van der Waals surface area contributed by atoms with Gasteiger partial charge in [0, 0.05) is 0 Å². The second-order valence-corrected chi connectivity index (χ2v) is 16.6. The topological polar surface area (TPSA) is 52.6 Å². The molecule has 0 bridgehead atoms. The van der Waals surface area contributed by atoms with Gasteiger partial charge >= 0.3 is 0 Å². The highest BCUT2D eigenvalue weighted by atomic mass is 32.2. The van der Waals surface area contributed by atoms with Crippen LogP contribution in [-0.2, 0) is 25.6 Å². The van der Waals surface area contributed by atoms with Crippen LogP contribution in [0.1, 0.15) is 17.5 Å². The van der Waals surface area contributed by atoms with Gasteiger partial charge in [-0.2, -0.15) is 8.42 Å². The summed E-state index contributed by atoms with van der Waals surface area (Å²) in [5, 5.41) is 3.65. The Hall–Kier alpha value is -4.07. The number of ether oxygens (including phenoxy) is 1. The number of hydrogen-bond acceptors (Lipinski definition) is 4. The van der Waals surface area contributed by atoms with E-state index < -0.39 is 24.3 Å². The van der Waals surface area contributed by atoms with Gasteiger partial charge in [-0.1, -0.05) is 145 Å². The van der Waals surface area contributed by atoms with Crippen LogP contribution in [0.15, 0.2) is 163 Å². The summed E-state index contributed by atoms with van der Waals surface area (Å²) in [5.74, 6) is 0. The molecule has 0 aliphatic heterocycles. The van der Waals surface area contributed by atoms with Crippen molar-refractivity contribution < 1.29 is 17.3 Å². The van der Waals surface area contributed by atoms with Gasteiger partial charge in [0.25, 0.3) is 10.1 Å². The zero-order valence-electron chi connectivity index (χ0n) is 25.0. The molecule has 0 radical (unpaired) electrons. The minimum atomic E-state index is -4.06. The maximum absolute atomic E-state index is 13.6. The van der Waals surface area contributed by atoms with Crippen LogP contribution in [0.2, 0.25) is 5.54 Å². The lowest BCUT2D eigenvalue weighted by Gasteiger charge is -2.40. The molecule has 44 heavy (non-hydrogen) atoms. The summed E-state index contributed by atoms with van der Waals surface area (Å²) < 4.78 is 39.5. The van der Waals surface area contributed by atoms with Gasteiger partial charge in [0.15, 0.2) is 8.07 Å². The summed E-state index contributed by atoms with van der Waals surface area (Å²) in [4.78, 5) is 0.129. The van der Waals surface area contributed by atoms with E-state index in [9.17, 15) is 8.42 Å². The number of hydrogen-bond donors (Lipinski definition) is 0. The molecule has 224 valence electrons. The summed E-state index contributed by atoms with van der Waals surface area (Å²) in [6.07, 6.45) is 1.63. The summed E-state index contributed by atoms with van der Waals surface area (Å²) >= 11 is 0. The number of rotatable bonds is 14. The van der Waals surface area contributed by atoms with Gasteiger partial charge in [0.2, 0.25) is 0 Å². The molecule has 0 aliphatic carbocycles. The minimum absolute atomic E-state index is 0.104. The SMILES string of the molecule is C=CC(CC(COCc1ccccc1)OS(=O)(=O)c1ccc(C)cc1)[Si](c1ccccc1)(c1ccccc1)c1ccccc1. The van der Waals surface area contributed by atoms with Crippen molar-refractivity contribution in [3.05, 3.63) is 169 Å². The van der Waals surface area contributed by atoms with Gasteiger partial charge in [0.05, 0.1) is 18.1 Å². The fourth-order valence-corrected chi connectivity index (χ4v) is 12.4. The molecule has 0 heterocycles. The summed E-state index contributed by atoms with van der Waals surface area (Å²) in [5.41, 5.74) is 1.85. The molecule has 0 saturated heterocycles. The maximum atomic E-state index is 13.6. The molecule has 0 N–H and O–H groups in total. The smallest absolute Gasteiger partial charge is 0.297 e. The Morgan fingerprint density at radius 3 is 1.59 bits per heavy atom. The number of allylic oxidation sites excluding steroid dienone is 1. The molecule has 5 rings (SSSR count). The van der Waals surface area contributed by atoms with Crippen molar-refractivity contribution in [2.75, 3.05) is 6.61 Å². The molecule has 0 aliphatic rings. The molecule has 0 amide bonds. The average molecular weight is 619 g/mol. The van der Waals surface area contributed by atoms with Crippen LogP contribution in [0.5, 0.6) is 0 Å². The Morgan fingerprint density at radius 2 is 1.14 bits per heavy atom. The van der Waals surface area contributed by atoms with Crippen molar-refractivity contribution in [3.8, 4) is 0 Å². The fourth-order valence-electron chi connectivity index (χ4n) is 5.94. The molecule has 0 fully saturated rings. The summed E-state index contributed by atoms with van der Waals surface area (Å²) in [6, 6.07) is 48.2. The molecular formula is C38H38O4SSi. The van der Waals surface area contributed by atoms with Crippen LogP contribution in [-0.4, -0.2) is 29.2 Å². The highest BCUT2D eigenvalue weighted by Crippen LogP contribution is 2.31. The first-order valence-electron chi connectivity index (χ1n) is 14.8. The standard InChI is InChI=1S/C38H38O4SSi/c1-3-35(44(36-18-10-5-11-19-36,37-20-12-6-13-21-37)38-22-14-7-15-23-38)28-33(30-41-29-32-16-8-4-9-17-32)42-43(39,40)34-26-24-31(2)25-27-34/h3-27,33,35H,1,28-30H2,2H3. The molecular weight excluding hydrogens is 581 g/mol. The van der Waals surface area contributed by atoms with Crippen LogP contribution in [0, 0.1) is 6.92 Å². The van der Waals surface area contributed by atoms with Crippen molar-refractivity contribution >= 4 is 33.8 Å². The van der Waals surface area contributed by atoms with E-state index in [2.05, 4.69) is 79.4 Å². The first-order valence-corrected chi connectivity index (χ1v) is 18.3. The maximum Gasteiger partial charge on any atom is 0.297 e. The molecule has 4 nitrogen and oxygen atoms in total. The van der Waals surface area contributed by atoms with E-state index in [4.69, 9.17) is 8.92 Å². The second-order valence-electron chi connectivity index (χ2n) is 11.0. The minimum Gasteiger partial charge on any atom is -0.374 e. The van der Waals surface area contributed by atoms with E-state index in [1.165, 1.54) is 15.6 Å². The monoisotopic (exact) mass is 618 g/mol. The van der Waals surface area contributed by atoms with E-state index in [1.807, 2.05) is 61.5 Å². The quantitative estimate of drug-likeness (QED) is 0.0626. The molecule has 5 aromatic rings. The Morgan fingerprint density at radius 1 is 0.682 bits per heavy atom. The highest BCUT2D eigenvalue weighted by molar-refractivity contribution is 7.86. The van der Waals surface area contributed by atoms with Gasteiger partial charge in [-0.3, -0.25) is 4.18 Å². The van der Waals surface area contributed by atoms with E-state index in [0.29, 0.717) is 13.0 Å². The third-order valence-corrected chi connectivity index (χ3v) is 14.7. The van der Waals surface area contributed by atoms with Gasteiger partial charge in [-0.25, -0.2) is 0 Å². The zero-order chi connectivity index (χ0) is 30.8. The van der Waals surface area contributed by atoms with Crippen molar-refractivity contribution in [3.63, 3.8) is 0 Å². The van der Waals surface area contributed by atoms with Crippen LogP contribution in [0.3, 0.4) is 0 Å². The Labute approximate surface area is 262 Å². The predicted molar refractivity (Wildman–Crippen MR) is 182 cm³/mol. The second kappa shape index (κ2) is 14.6. The molecule has 0 saturated carbocycles. The fraction of sp³-hybridized carbons (Fsp3) is 0.158. The normalized spacial score (nSPS) is 13.2. The number of benzene rings is 5. The van der Waals surface area contributed by atoms with Gasteiger partial charge < -0.3 is 4.74 Å². The third kappa shape index (κ3) is 7.17. The van der Waals surface area contributed by atoms with Crippen LogP contribution >= 0.6 is 0 Å². The van der Waals surface area contributed by atoms with Crippen molar-refractivity contribution in [1.29, 1.82) is 0 Å². The molecule has 2 atom stereocenters. The van der Waals surface area contributed by atoms with Gasteiger partial charge in [-0.15, -0.1) is 6.58 Å². The van der Waals surface area contributed by atoms with E-state index in [0.717, 1.165) is 11.1 Å².